The monoisotopic (exact) mass is 457 g/mol. The van der Waals surface area contributed by atoms with Crippen LogP contribution in [0.2, 0.25) is 0 Å². The molecule has 3 heterocycles. The van der Waals surface area contributed by atoms with E-state index in [9.17, 15) is 4.79 Å². The minimum absolute atomic E-state index is 0.334. The summed E-state index contributed by atoms with van der Waals surface area (Å²) in [5.41, 5.74) is 3.44. The highest BCUT2D eigenvalue weighted by Gasteiger charge is 2.31. The maximum Gasteiger partial charge on any atom is 0.222 e. The normalized spacial score (nSPS) is 21.5. The van der Waals surface area contributed by atoms with Crippen molar-refractivity contribution in [3.8, 4) is 11.3 Å². The molecule has 2 fully saturated rings. The van der Waals surface area contributed by atoms with Gasteiger partial charge in [-0.05, 0) is 68.5 Å². The number of amides is 1. The summed E-state index contributed by atoms with van der Waals surface area (Å²) in [6.45, 7) is 3.72. The van der Waals surface area contributed by atoms with Crippen LogP contribution < -0.4 is 5.32 Å². The lowest BCUT2D eigenvalue weighted by Crippen LogP contribution is -2.43. The number of benzene rings is 2. The van der Waals surface area contributed by atoms with Crippen LogP contribution in [-0.2, 0) is 17.6 Å². The second kappa shape index (κ2) is 11.0. The van der Waals surface area contributed by atoms with E-state index in [1.54, 1.807) is 0 Å². The van der Waals surface area contributed by atoms with E-state index >= 15 is 0 Å². The number of likely N-dealkylation sites (tertiary alicyclic amines) is 1. The molecule has 34 heavy (non-hydrogen) atoms. The Kier molecular flexibility index (Phi) is 7.40. The van der Waals surface area contributed by atoms with Crippen LogP contribution in [0.3, 0.4) is 0 Å². The molecule has 1 aromatic heterocycles. The van der Waals surface area contributed by atoms with E-state index in [-0.39, 0.29) is 0 Å². The van der Waals surface area contributed by atoms with Crippen molar-refractivity contribution in [3.63, 3.8) is 0 Å². The summed E-state index contributed by atoms with van der Waals surface area (Å²) < 4.78 is 5.61. The van der Waals surface area contributed by atoms with Crippen molar-refractivity contribution >= 4 is 5.91 Å². The standard InChI is InChI=1S/C29H35N3O2/c33-29(32-15-12-23(13-16-32)17-22-7-3-1-4-8-22)19-25-11-14-30-21-26(25)18-27-20-28(34-31-27)24-9-5-2-6-10-24/h1-10,20,23,25-26,30H,11-19,21H2/t25-,26+/m1/s1. The van der Waals surface area contributed by atoms with Gasteiger partial charge >= 0.3 is 0 Å². The predicted octanol–water partition coefficient (Wildman–Crippen LogP) is 4.98. The molecule has 2 atom stereocenters. The summed E-state index contributed by atoms with van der Waals surface area (Å²) >= 11 is 0. The number of carbonyl (C=O) groups excluding carboxylic acids is 1. The first-order chi connectivity index (χ1) is 16.7. The molecule has 3 aromatic rings. The first-order valence-electron chi connectivity index (χ1n) is 12.8. The molecule has 0 saturated carbocycles. The highest BCUT2D eigenvalue weighted by Crippen LogP contribution is 2.30. The van der Waals surface area contributed by atoms with Crippen LogP contribution in [0.5, 0.6) is 0 Å². The Hall–Kier alpha value is -2.92. The van der Waals surface area contributed by atoms with Crippen molar-refractivity contribution in [1.29, 1.82) is 0 Å². The lowest BCUT2D eigenvalue weighted by Gasteiger charge is -2.36. The second-order valence-electron chi connectivity index (χ2n) is 9.98. The minimum Gasteiger partial charge on any atom is -0.356 e. The fraction of sp³-hybridized carbons (Fsp3) is 0.448. The van der Waals surface area contributed by atoms with Crippen molar-refractivity contribution < 1.29 is 9.32 Å². The van der Waals surface area contributed by atoms with Gasteiger partial charge in [0.05, 0.1) is 5.69 Å². The van der Waals surface area contributed by atoms with Crippen LogP contribution >= 0.6 is 0 Å². The van der Waals surface area contributed by atoms with Gasteiger partial charge in [-0.25, -0.2) is 0 Å². The van der Waals surface area contributed by atoms with E-state index in [1.807, 2.05) is 30.3 Å². The van der Waals surface area contributed by atoms with Gasteiger partial charge in [-0.3, -0.25) is 4.79 Å². The zero-order chi connectivity index (χ0) is 23.2. The largest absolute Gasteiger partial charge is 0.356 e. The topological polar surface area (TPSA) is 58.4 Å². The van der Waals surface area contributed by atoms with Gasteiger partial charge in [-0.15, -0.1) is 0 Å². The molecule has 2 saturated heterocycles. The number of hydrogen-bond donors (Lipinski definition) is 1. The average molecular weight is 458 g/mol. The Morgan fingerprint density at radius 2 is 1.68 bits per heavy atom. The van der Waals surface area contributed by atoms with Crippen molar-refractivity contribution in [1.82, 2.24) is 15.4 Å². The number of aromatic nitrogens is 1. The number of hydrogen-bond acceptors (Lipinski definition) is 4. The Morgan fingerprint density at radius 1 is 0.941 bits per heavy atom. The van der Waals surface area contributed by atoms with E-state index in [0.717, 1.165) is 75.3 Å². The smallest absolute Gasteiger partial charge is 0.222 e. The van der Waals surface area contributed by atoms with Gasteiger partial charge < -0.3 is 14.7 Å². The summed E-state index contributed by atoms with van der Waals surface area (Å²) in [6.07, 6.45) is 5.89. The van der Waals surface area contributed by atoms with Gasteiger partial charge in [-0.1, -0.05) is 65.8 Å². The summed E-state index contributed by atoms with van der Waals surface area (Å²) in [7, 11) is 0. The number of rotatable bonds is 7. The molecule has 178 valence electrons. The summed E-state index contributed by atoms with van der Waals surface area (Å²) in [5.74, 6) is 2.63. The fourth-order valence-electron chi connectivity index (χ4n) is 5.59. The number of carbonyl (C=O) groups is 1. The van der Waals surface area contributed by atoms with Crippen molar-refractivity contribution in [2.45, 2.75) is 38.5 Å². The van der Waals surface area contributed by atoms with Crippen molar-refractivity contribution in [2.24, 2.45) is 17.8 Å². The van der Waals surface area contributed by atoms with E-state index in [0.29, 0.717) is 30.1 Å². The Balaban J connectivity index is 1.14. The minimum atomic E-state index is 0.334. The van der Waals surface area contributed by atoms with Crippen LogP contribution in [0.1, 0.15) is 36.9 Å². The molecular weight excluding hydrogens is 422 g/mol. The molecule has 2 aliphatic heterocycles. The lowest BCUT2D eigenvalue weighted by atomic mass is 9.80. The highest BCUT2D eigenvalue weighted by atomic mass is 16.5. The molecule has 0 bridgehead atoms. The van der Waals surface area contributed by atoms with Gasteiger partial charge in [0.25, 0.3) is 0 Å². The zero-order valence-corrected chi connectivity index (χ0v) is 19.9. The van der Waals surface area contributed by atoms with Crippen molar-refractivity contribution in [2.75, 3.05) is 26.2 Å². The summed E-state index contributed by atoms with van der Waals surface area (Å²) in [5, 5.41) is 7.86. The van der Waals surface area contributed by atoms with Crippen molar-refractivity contribution in [3.05, 3.63) is 78.0 Å². The molecule has 0 spiro atoms. The van der Waals surface area contributed by atoms with Crippen LogP contribution in [0.4, 0.5) is 0 Å². The Labute approximate surface area is 202 Å². The molecular formula is C29H35N3O2. The molecule has 5 nitrogen and oxygen atoms in total. The Morgan fingerprint density at radius 3 is 2.44 bits per heavy atom. The molecule has 5 rings (SSSR count). The van der Waals surface area contributed by atoms with Gasteiger partial charge in [0.15, 0.2) is 5.76 Å². The van der Waals surface area contributed by atoms with Gasteiger partial charge in [0, 0.05) is 31.1 Å². The first-order valence-corrected chi connectivity index (χ1v) is 12.8. The highest BCUT2D eigenvalue weighted by molar-refractivity contribution is 5.76. The third kappa shape index (κ3) is 5.76. The third-order valence-electron chi connectivity index (χ3n) is 7.62. The first kappa shape index (κ1) is 22.9. The van der Waals surface area contributed by atoms with E-state index in [2.05, 4.69) is 51.8 Å². The van der Waals surface area contributed by atoms with E-state index < -0.39 is 0 Å². The maximum absolute atomic E-state index is 13.2. The van der Waals surface area contributed by atoms with E-state index in [4.69, 9.17) is 4.52 Å². The summed E-state index contributed by atoms with van der Waals surface area (Å²) in [4.78, 5) is 15.3. The molecule has 2 aromatic carbocycles. The molecule has 0 unspecified atom stereocenters. The third-order valence-corrected chi connectivity index (χ3v) is 7.62. The number of piperidine rings is 2. The predicted molar refractivity (Wildman–Crippen MR) is 134 cm³/mol. The zero-order valence-electron chi connectivity index (χ0n) is 19.9. The molecule has 0 radical (unpaired) electrons. The second-order valence-corrected chi connectivity index (χ2v) is 9.98. The summed E-state index contributed by atoms with van der Waals surface area (Å²) in [6, 6.07) is 22.9. The van der Waals surface area contributed by atoms with Crippen LogP contribution in [0, 0.1) is 17.8 Å². The van der Waals surface area contributed by atoms with Gasteiger partial charge in [0.2, 0.25) is 5.91 Å². The molecule has 1 N–H and O–H groups in total. The van der Waals surface area contributed by atoms with Gasteiger partial charge in [-0.2, -0.15) is 0 Å². The molecule has 2 aliphatic rings. The lowest BCUT2D eigenvalue weighted by molar-refractivity contribution is -0.134. The van der Waals surface area contributed by atoms with Crippen LogP contribution in [-0.4, -0.2) is 42.1 Å². The maximum atomic E-state index is 13.2. The van der Waals surface area contributed by atoms with Gasteiger partial charge in [0.1, 0.15) is 0 Å². The molecule has 5 heteroatoms. The number of nitrogens with zero attached hydrogens (tertiary/aromatic N) is 2. The van der Waals surface area contributed by atoms with E-state index in [1.165, 1.54) is 5.56 Å². The quantitative estimate of drug-likeness (QED) is 0.544. The van der Waals surface area contributed by atoms with Crippen LogP contribution in [0.25, 0.3) is 11.3 Å². The molecule has 0 aliphatic carbocycles. The SMILES string of the molecule is O=C(C[C@H]1CCNC[C@@H]1Cc1cc(-c2ccccc2)on1)N1CCC(Cc2ccccc2)CC1. The fourth-order valence-corrected chi connectivity index (χ4v) is 5.59. The van der Waals surface area contributed by atoms with Crippen LogP contribution in [0.15, 0.2) is 71.3 Å². The average Bonchev–Trinajstić information content (AvgIpc) is 3.35. The number of nitrogens with one attached hydrogen (secondary N) is 1. The molecule has 1 amide bonds. The Bertz CT molecular complexity index is 1040.